The summed E-state index contributed by atoms with van der Waals surface area (Å²) in [5.74, 6) is 0.100. The topological polar surface area (TPSA) is 49.0 Å². The molecule has 2 rings (SSSR count). The summed E-state index contributed by atoms with van der Waals surface area (Å²) in [5, 5.41) is 6.74. The third-order valence-electron chi connectivity index (χ3n) is 3.75. The Hall–Kier alpha value is -1.32. The molecule has 1 heterocycles. The zero-order chi connectivity index (χ0) is 12.3. The van der Waals surface area contributed by atoms with Crippen LogP contribution in [-0.4, -0.2) is 34.1 Å². The number of aromatic nitrogens is 2. The number of aryl methyl sites for hydroxylation is 1. The molecule has 4 nitrogen and oxygen atoms in total. The van der Waals surface area contributed by atoms with Crippen molar-refractivity contribution in [1.82, 2.24) is 15.1 Å². The van der Waals surface area contributed by atoms with E-state index in [0.29, 0.717) is 11.6 Å². The highest BCUT2D eigenvalue weighted by Gasteiger charge is 2.23. The smallest absolute Gasteiger partial charge is 0.257 e. The van der Waals surface area contributed by atoms with Gasteiger partial charge < -0.3 is 4.90 Å². The molecule has 1 aromatic heterocycles. The highest BCUT2D eigenvalue weighted by Crippen LogP contribution is 2.22. The van der Waals surface area contributed by atoms with Gasteiger partial charge in [0.2, 0.25) is 0 Å². The largest absolute Gasteiger partial charge is 0.339 e. The van der Waals surface area contributed by atoms with Crippen LogP contribution in [0.4, 0.5) is 0 Å². The van der Waals surface area contributed by atoms with Gasteiger partial charge in [-0.05, 0) is 19.8 Å². The predicted octanol–water partition coefficient (Wildman–Crippen LogP) is 2.51. The van der Waals surface area contributed by atoms with Gasteiger partial charge in [0.1, 0.15) is 0 Å². The van der Waals surface area contributed by atoms with E-state index in [2.05, 4.69) is 10.2 Å². The van der Waals surface area contributed by atoms with E-state index in [9.17, 15) is 4.79 Å². The van der Waals surface area contributed by atoms with Crippen molar-refractivity contribution in [3.8, 4) is 0 Å². The summed E-state index contributed by atoms with van der Waals surface area (Å²) in [6.45, 7) is 1.89. The number of hydrogen-bond donors (Lipinski definition) is 1. The number of carbonyl (C=O) groups is 1. The van der Waals surface area contributed by atoms with Crippen LogP contribution < -0.4 is 0 Å². The maximum Gasteiger partial charge on any atom is 0.257 e. The van der Waals surface area contributed by atoms with E-state index in [1.165, 1.54) is 25.7 Å². The van der Waals surface area contributed by atoms with Gasteiger partial charge in [0.15, 0.2) is 0 Å². The minimum absolute atomic E-state index is 0.100. The molecule has 0 atom stereocenters. The Labute approximate surface area is 102 Å². The van der Waals surface area contributed by atoms with Crippen LogP contribution in [0.3, 0.4) is 0 Å². The minimum Gasteiger partial charge on any atom is -0.339 e. The molecular weight excluding hydrogens is 214 g/mol. The van der Waals surface area contributed by atoms with Gasteiger partial charge in [-0.3, -0.25) is 9.89 Å². The molecule has 1 N–H and O–H groups in total. The number of amides is 1. The second kappa shape index (κ2) is 5.34. The summed E-state index contributed by atoms with van der Waals surface area (Å²) in [4.78, 5) is 14.2. The molecule has 0 bridgehead atoms. The van der Waals surface area contributed by atoms with E-state index in [1.54, 1.807) is 6.20 Å². The fourth-order valence-corrected chi connectivity index (χ4v) is 2.57. The molecule has 1 aliphatic carbocycles. The average Bonchev–Trinajstić information content (AvgIpc) is 2.60. The van der Waals surface area contributed by atoms with Gasteiger partial charge in [-0.1, -0.05) is 25.7 Å². The van der Waals surface area contributed by atoms with Gasteiger partial charge in [0, 0.05) is 18.8 Å². The van der Waals surface area contributed by atoms with Crippen LogP contribution in [0.1, 0.15) is 54.6 Å². The number of carbonyl (C=O) groups excluding carboxylic acids is 1. The van der Waals surface area contributed by atoms with Crippen molar-refractivity contribution in [2.75, 3.05) is 7.05 Å². The van der Waals surface area contributed by atoms with E-state index in [0.717, 1.165) is 18.5 Å². The Morgan fingerprint density at radius 3 is 2.53 bits per heavy atom. The van der Waals surface area contributed by atoms with Crippen molar-refractivity contribution >= 4 is 5.91 Å². The number of nitrogens with zero attached hydrogens (tertiary/aromatic N) is 2. The number of hydrogen-bond acceptors (Lipinski definition) is 2. The molecule has 94 valence electrons. The van der Waals surface area contributed by atoms with Gasteiger partial charge >= 0.3 is 0 Å². The molecule has 1 aliphatic rings. The van der Waals surface area contributed by atoms with E-state index < -0.39 is 0 Å². The summed E-state index contributed by atoms with van der Waals surface area (Å²) >= 11 is 0. The number of nitrogens with one attached hydrogen (secondary N) is 1. The summed E-state index contributed by atoms with van der Waals surface area (Å²) in [6.07, 6.45) is 9.01. The first-order chi connectivity index (χ1) is 8.20. The third-order valence-corrected chi connectivity index (χ3v) is 3.75. The average molecular weight is 235 g/mol. The number of aromatic amines is 1. The molecule has 0 aliphatic heterocycles. The van der Waals surface area contributed by atoms with Gasteiger partial charge in [-0.25, -0.2) is 0 Å². The fourth-order valence-electron chi connectivity index (χ4n) is 2.57. The summed E-state index contributed by atoms with van der Waals surface area (Å²) in [7, 11) is 1.92. The highest BCUT2D eigenvalue weighted by molar-refractivity contribution is 5.95. The van der Waals surface area contributed by atoms with Crippen molar-refractivity contribution in [2.45, 2.75) is 51.5 Å². The molecule has 1 amide bonds. The first-order valence-corrected chi connectivity index (χ1v) is 6.47. The lowest BCUT2D eigenvalue weighted by Crippen LogP contribution is -2.36. The molecule has 1 aromatic rings. The Balaban J connectivity index is 2.06. The first-order valence-electron chi connectivity index (χ1n) is 6.47. The van der Waals surface area contributed by atoms with Crippen LogP contribution in [-0.2, 0) is 0 Å². The van der Waals surface area contributed by atoms with Crippen molar-refractivity contribution in [1.29, 1.82) is 0 Å². The monoisotopic (exact) mass is 235 g/mol. The fraction of sp³-hybridized carbons (Fsp3) is 0.692. The summed E-state index contributed by atoms with van der Waals surface area (Å²) in [6, 6.07) is 0.402. The van der Waals surface area contributed by atoms with Crippen LogP contribution in [0, 0.1) is 6.92 Å². The maximum atomic E-state index is 12.3. The lowest BCUT2D eigenvalue weighted by Gasteiger charge is -2.27. The van der Waals surface area contributed by atoms with Crippen LogP contribution in [0.5, 0.6) is 0 Å². The van der Waals surface area contributed by atoms with Gasteiger partial charge in [0.05, 0.1) is 11.8 Å². The SMILES string of the molecule is Cc1[nH]ncc1C(=O)N(C)C1CCCCCC1. The summed E-state index contributed by atoms with van der Waals surface area (Å²) < 4.78 is 0. The number of H-pyrrole nitrogens is 1. The van der Waals surface area contributed by atoms with Gasteiger partial charge in [-0.2, -0.15) is 5.10 Å². The van der Waals surface area contributed by atoms with Crippen LogP contribution in [0.15, 0.2) is 6.20 Å². The van der Waals surface area contributed by atoms with Crippen molar-refractivity contribution < 1.29 is 4.79 Å². The zero-order valence-corrected chi connectivity index (χ0v) is 10.7. The minimum atomic E-state index is 0.100. The lowest BCUT2D eigenvalue weighted by molar-refractivity contribution is 0.0717. The van der Waals surface area contributed by atoms with Crippen LogP contribution in [0.2, 0.25) is 0 Å². The molecule has 17 heavy (non-hydrogen) atoms. The van der Waals surface area contributed by atoms with Crippen molar-refractivity contribution in [3.05, 3.63) is 17.5 Å². The zero-order valence-electron chi connectivity index (χ0n) is 10.7. The summed E-state index contributed by atoms with van der Waals surface area (Å²) in [5.41, 5.74) is 1.56. The lowest BCUT2D eigenvalue weighted by atomic mass is 10.1. The standard InChI is InChI=1S/C13H21N3O/c1-10-12(9-14-15-10)13(17)16(2)11-7-5-3-4-6-8-11/h9,11H,3-8H2,1-2H3,(H,14,15). The molecular formula is C13H21N3O. The molecule has 4 heteroatoms. The number of rotatable bonds is 2. The molecule has 0 spiro atoms. The van der Waals surface area contributed by atoms with E-state index >= 15 is 0 Å². The van der Waals surface area contributed by atoms with Gasteiger partial charge in [-0.15, -0.1) is 0 Å². The maximum absolute atomic E-state index is 12.3. The molecule has 0 saturated heterocycles. The van der Waals surface area contributed by atoms with Crippen molar-refractivity contribution in [2.24, 2.45) is 0 Å². The molecule has 0 radical (unpaired) electrons. The van der Waals surface area contributed by atoms with E-state index in [-0.39, 0.29) is 5.91 Å². The normalized spacial score (nSPS) is 17.8. The molecule has 1 saturated carbocycles. The predicted molar refractivity (Wildman–Crippen MR) is 66.9 cm³/mol. The Morgan fingerprint density at radius 2 is 2.00 bits per heavy atom. The second-order valence-electron chi connectivity index (χ2n) is 4.97. The van der Waals surface area contributed by atoms with Crippen LogP contribution >= 0.6 is 0 Å². The Morgan fingerprint density at radius 1 is 1.35 bits per heavy atom. The highest BCUT2D eigenvalue weighted by atomic mass is 16.2. The van der Waals surface area contributed by atoms with E-state index in [1.807, 2.05) is 18.9 Å². The van der Waals surface area contributed by atoms with Crippen LogP contribution in [0.25, 0.3) is 0 Å². The third kappa shape index (κ3) is 2.68. The molecule has 1 fully saturated rings. The second-order valence-corrected chi connectivity index (χ2v) is 4.97. The van der Waals surface area contributed by atoms with Crippen molar-refractivity contribution in [3.63, 3.8) is 0 Å². The Bertz CT molecular complexity index is 378. The Kier molecular flexibility index (Phi) is 3.82. The van der Waals surface area contributed by atoms with E-state index in [4.69, 9.17) is 0 Å². The molecule has 0 aromatic carbocycles. The first kappa shape index (κ1) is 12.1. The van der Waals surface area contributed by atoms with Gasteiger partial charge in [0.25, 0.3) is 5.91 Å². The quantitative estimate of drug-likeness (QED) is 0.801. The molecule has 0 unspecified atom stereocenters.